The van der Waals surface area contributed by atoms with Gasteiger partial charge in [0.2, 0.25) is 5.91 Å². The third-order valence-electron chi connectivity index (χ3n) is 7.31. The van der Waals surface area contributed by atoms with Crippen LogP contribution in [0.5, 0.6) is 11.5 Å². The minimum absolute atomic E-state index is 0.167. The SMILES string of the molecule is C=CC(=O)N1CCN(c2ccc3ncnc(Nc4ccc(Oc5ccc6c(c5)nnn6C)c(C)c4)c3n2)C[C@H]1CC#N. The van der Waals surface area contributed by atoms with Gasteiger partial charge >= 0.3 is 0 Å². The normalized spacial score (nSPS) is 15.0. The molecule has 0 saturated carbocycles. The highest BCUT2D eigenvalue weighted by atomic mass is 16.5. The number of hydrogen-bond donors (Lipinski definition) is 1. The zero-order valence-electron chi connectivity index (χ0n) is 23.2. The van der Waals surface area contributed by atoms with Gasteiger partial charge in [-0.05, 0) is 61.0 Å². The Kier molecular flexibility index (Phi) is 7.06. The number of pyridine rings is 1. The van der Waals surface area contributed by atoms with E-state index in [9.17, 15) is 10.1 Å². The van der Waals surface area contributed by atoms with Crippen LogP contribution >= 0.6 is 0 Å². The van der Waals surface area contributed by atoms with Crippen molar-refractivity contribution in [3.8, 4) is 17.6 Å². The molecule has 1 fully saturated rings. The van der Waals surface area contributed by atoms with Crippen molar-refractivity contribution >= 4 is 45.3 Å². The molecular formula is C30H28N10O2. The van der Waals surface area contributed by atoms with Crippen LogP contribution in [0.25, 0.3) is 22.1 Å². The molecule has 3 aromatic heterocycles. The molecule has 4 heterocycles. The van der Waals surface area contributed by atoms with E-state index in [0.717, 1.165) is 33.9 Å². The number of nitrogens with one attached hydrogen (secondary N) is 1. The maximum Gasteiger partial charge on any atom is 0.246 e. The first-order valence-corrected chi connectivity index (χ1v) is 13.4. The summed E-state index contributed by atoms with van der Waals surface area (Å²) in [6.45, 7) is 7.13. The Bertz CT molecular complexity index is 1860. The number of carbonyl (C=O) groups is 1. The molecule has 0 aliphatic carbocycles. The first kappa shape index (κ1) is 26.6. The fourth-order valence-corrected chi connectivity index (χ4v) is 5.14. The van der Waals surface area contributed by atoms with E-state index in [-0.39, 0.29) is 18.4 Å². The number of nitrogens with zero attached hydrogens (tertiary/aromatic N) is 9. The average Bonchev–Trinajstić information content (AvgIpc) is 3.38. The molecule has 1 amide bonds. The molecule has 1 saturated heterocycles. The number of rotatable bonds is 7. The third kappa shape index (κ3) is 5.15. The number of amides is 1. The fraction of sp³-hybridized carbons (Fsp3) is 0.233. The Hall–Kier alpha value is -5.57. The summed E-state index contributed by atoms with van der Waals surface area (Å²) in [4.78, 5) is 29.8. The largest absolute Gasteiger partial charge is 0.457 e. The summed E-state index contributed by atoms with van der Waals surface area (Å²) in [6, 6.07) is 17.3. The molecule has 0 unspecified atom stereocenters. The summed E-state index contributed by atoms with van der Waals surface area (Å²) in [7, 11) is 1.85. The molecule has 0 spiro atoms. The van der Waals surface area contributed by atoms with Crippen LogP contribution < -0.4 is 15.0 Å². The third-order valence-corrected chi connectivity index (χ3v) is 7.31. The van der Waals surface area contributed by atoms with Crippen molar-refractivity contribution in [1.82, 2.24) is 34.8 Å². The maximum atomic E-state index is 12.3. The second-order valence-corrected chi connectivity index (χ2v) is 10.0. The highest BCUT2D eigenvalue weighted by molar-refractivity contribution is 5.89. The fourth-order valence-electron chi connectivity index (χ4n) is 5.14. The molecule has 1 N–H and O–H groups in total. The van der Waals surface area contributed by atoms with E-state index in [1.165, 1.54) is 12.4 Å². The second-order valence-electron chi connectivity index (χ2n) is 10.0. The average molecular weight is 561 g/mol. The number of piperazine rings is 1. The molecule has 210 valence electrons. The predicted octanol–water partition coefficient (Wildman–Crippen LogP) is 4.27. The van der Waals surface area contributed by atoms with Crippen LogP contribution in [0, 0.1) is 18.3 Å². The van der Waals surface area contributed by atoms with Crippen LogP contribution in [0.4, 0.5) is 17.3 Å². The van der Waals surface area contributed by atoms with Gasteiger partial charge in [-0.15, -0.1) is 5.10 Å². The standard InChI is InChI=1S/C30H28N10O2/c1-4-28(41)40-14-13-39(17-21(40)11-12-31)27-10-7-23-29(35-27)30(33-18-32-23)34-20-5-9-26(19(2)15-20)42-22-6-8-25-24(16-22)36-37-38(25)3/h4-10,15-16,18,21H,1,11,13-14,17H2,2-3H3,(H,32,33,34)/t21-/m1/s1. The van der Waals surface area contributed by atoms with Crippen LogP contribution in [0.1, 0.15) is 12.0 Å². The van der Waals surface area contributed by atoms with Crippen molar-refractivity contribution in [2.45, 2.75) is 19.4 Å². The van der Waals surface area contributed by atoms with E-state index < -0.39 is 0 Å². The maximum absolute atomic E-state index is 12.3. The van der Waals surface area contributed by atoms with Gasteiger partial charge in [0.05, 0.1) is 29.6 Å². The molecule has 5 aromatic rings. The molecule has 2 aromatic carbocycles. The van der Waals surface area contributed by atoms with Crippen LogP contribution in [0.15, 0.2) is 67.5 Å². The van der Waals surface area contributed by atoms with E-state index in [0.29, 0.717) is 42.2 Å². The zero-order chi connectivity index (χ0) is 29.2. The number of anilines is 3. The minimum Gasteiger partial charge on any atom is -0.457 e. The Morgan fingerprint density at radius 1 is 1.17 bits per heavy atom. The predicted molar refractivity (Wildman–Crippen MR) is 159 cm³/mol. The number of ether oxygens (including phenoxy) is 1. The van der Waals surface area contributed by atoms with Gasteiger partial charge in [0.15, 0.2) is 5.82 Å². The molecule has 42 heavy (non-hydrogen) atoms. The molecule has 0 bridgehead atoms. The molecule has 1 aliphatic rings. The Morgan fingerprint density at radius 2 is 2.05 bits per heavy atom. The summed E-state index contributed by atoms with van der Waals surface area (Å²) in [5.74, 6) is 2.53. The molecule has 6 rings (SSSR count). The first-order chi connectivity index (χ1) is 20.4. The van der Waals surface area contributed by atoms with Gasteiger partial charge in [-0.3, -0.25) is 4.79 Å². The highest BCUT2D eigenvalue weighted by Gasteiger charge is 2.30. The number of benzene rings is 2. The van der Waals surface area contributed by atoms with Crippen LogP contribution in [0.3, 0.4) is 0 Å². The van der Waals surface area contributed by atoms with Crippen molar-refractivity contribution in [3.63, 3.8) is 0 Å². The number of fused-ring (bicyclic) bond motifs is 2. The number of hydrogen-bond acceptors (Lipinski definition) is 10. The first-order valence-electron chi connectivity index (χ1n) is 13.4. The van der Waals surface area contributed by atoms with Gasteiger partial charge in [-0.2, -0.15) is 5.26 Å². The van der Waals surface area contributed by atoms with Crippen LogP contribution in [0.2, 0.25) is 0 Å². The van der Waals surface area contributed by atoms with E-state index in [1.54, 1.807) is 9.58 Å². The summed E-state index contributed by atoms with van der Waals surface area (Å²) in [6.07, 6.45) is 3.03. The molecular weight excluding hydrogens is 532 g/mol. The number of aryl methyl sites for hydroxylation is 2. The summed E-state index contributed by atoms with van der Waals surface area (Å²) in [5, 5.41) is 20.9. The number of aromatic nitrogens is 6. The van der Waals surface area contributed by atoms with Gasteiger partial charge in [0.25, 0.3) is 0 Å². The lowest BCUT2D eigenvalue weighted by Gasteiger charge is -2.40. The molecule has 1 aliphatic heterocycles. The van der Waals surface area contributed by atoms with Crippen LogP contribution in [-0.2, 0) is 11.8 Å². The van der Waals surface area contributed by atoms with Gasteiger partial charge in [-0.25, -0.2) is 19.6 Å². The lowest BCUT2D eigenvalue weighted by Crippen LogP contribution is -2.55. The molecule has 12 nitrogen and oxygen atoms in total. The van der Waals surface area contributed by atoms with E-state index in [1.807, 2.05) is 62.5 Å². The molecule has 12 heteroatoms. The summed E-state index contributed by atoms with van der Waals surface area (Å²) < 4.78 is 7.86. The summed E-state index contributed by atoms with van der Waals surface area (Å²) >= 11 is 0. The second kappa shape index (κ2) is 11.1. The Balaban J connectivity index is 1.22. The topological polar surface area (TPSA) is 138 Å². The van der Waals surface area contributed by atoms with E-state index >= 15 is 0 Å². The van der Waals surface area contributed by atoms with Gasteiger partial charge in [-0.1, -0.05) is 11.8 Å². The van der Waals surface area contributed by atoms with Crippen molar-refractivity contribution in [3.05, 3.63) is 73.1 Å². The number of nitriles is 1. The lowest BCUT2D eigenvalue weighted by atomic mass is 10.1. The van der Waals surface area contributed by atoms with Crippen molar-refractivity contribution in [2.24, 2.45) is 7.05 Å². The van der Waals surface area contributed by atoms with Gasteiger partial charge < -0.3 is 19.9 Å². The van der Waals surface area contributed by atoms with Crippen molar-refractivity contribution < 1.29 is 9.53 Å². The lowest BCUT2D eigenvalue weighted by molar-refractivity contribution is -0.128. The van der Waals surface area contributed by atoms with Gasteiger partial charge in [0, 0.05) is 38.4 Å². The molecule has 0 radical (unpaired) electrons. The van der Waals surface area contributed by atoms with Crippen molar-refractivity contribution in [2.75, 3.05) is 29.9 Å². The van der Waals surface area contributed by atoms with Crippen LogP contribution in [-0.4, -0.2) is 66.4 Å². The van der Waals surface area contributed by atoms with Gasteiger partial charge in [0.1, 0.15) is 34.7 Å². The Morgan fingerprint density at radius 3 is 2.86 bits per heavy atom. The summed E-state index contributed by atoms with van der Waals surface area (Å²) in [5.41, 5.74) is 4.76. The highest BCUT2D eigenvalue weighted by Crippen LogP contribution is 2.31. The molecule has 1 atom stereocenters. The quantitative estimate of drug-likeness (QED) is 0.287. The zero-order valence-corrected chi connectivity index (χ0v) is 23.2. The smallest absolute Gasteiger partial charge is 0.246 e. The Labute approximate surface area is 241 Å². The number of carbonyl (C=O) groups excluding carboxylic acids is 1. The minimum atomic E-state index is -0.248. The van der Waals surface area contributed by atoms with E-state index in [4.69, 9.17) is 9.72 Å². The monoisotopic (exact) mass is 560 g/mol. The van der Waals surface area contributed by atoms with Crippen molar-refractivity contribution in [1.29, 1.82) is 5.26 Å². The van der Waals surface area contributed by atoms with E-state index in [2.05, 4.69) is 43.1 Å².